The van der Waals surface area contributed by atoms with Gasteiger partial charge in [0.1, 0.15) is 6.10 Å². The molecule has 0 spiro atoms. The van der Waals surface area contributed by atoms with Gasteiger partial charge in [0.15, 0.2) is 0 Å². The van der Waals surface area contributed by atoms with E-state index in [1.165, 1.54) is 7.11 Å². The van der Waals surface area contributed by atoms with Gasteiger partial charge >= 0.3 is 0 Å². The maximum atomic E-state index is 9.57. The molecule has 0 fully saturated rings. The molecule has 0 saturated carbocycles. The molecule has 4 heteroatoms. The molecule has 0 aromatic carbocycles. The number of rotatable bonds is 3. The molecule has 2 atom stereocenters. The van der Waals surface area contributed by atoms with E-state index < -0.39 is 6.10 Å². The highest BCUT2D eigenvalue weighted by atomic mass is 16.5. The van der Waals surface area contributed by atoms with E-state index in [0.717, 1.165) is 0 Å². The fourth-order valence-corrected chi connectivity index (χ4v) is 0.979. The highest BCUT2D eigenvalue weighted by molar-refractivity contribution is 5.17. The number of hydrogen-bond acceptors (Lipinski definition) is 4. The van der Waals surface area contributed by atoms with E-state index in [-0.39, 0.29) is 6.04 Å². The molecule has 1 aromatic rings. The van der Waals surface area contributed by atoms with Crippen molar-refractivity contribution in [3.63, 3.8) is 0 Å². The van der Waals surface area contributed by atoms with Crippen LogP contribution < -0.4 is 10.5 Å². The highest BCUT2D eigenvalue weighted by Crippen LogP contribution is 2.15. The summed E-state index contributed by atoms with van der Waals surface area (Å²) in [5, 5.41) is 9.57. The Balaban J connectivity index is 2.88. The minimum atomic E-state index is -0.741. The van der Waals surface area contributed by atoms with Crippen molar-refractivity contribution in [2.24, 2.45) is 5.73 Å². The molecule has 4 nitrogen and oxygen atoms in total. The van der Waals surface area contributed by atoms with Crippen molar-refractivity contribution in [2.45, 2.75) is 19.1 Å². The molecule has 3 N–H and O–H groups in total. The Hall–Kier alpha value is -1.13. The Bertz CT molecular complexity index is 276. The maximum absolute atomic E-state index is 9.57. The molecule has 0 aliphatic rings. The minimum Gasteiger partial charge on any atom is -0.481 e. The average Bonchev–Trinajstić information content (AvgIpc) is 2.16. The summed E-state index contributed by atoms with van der Waals surface area (Å²) in [5.74, 6) is 0.484. The first kappa shape index (κ1) is 9.95. The summed E-state index contributed by atoms with van der Waals surface area (Å²) in [6, 6.07) is 4.88. The Labute approximate surface area is 77.4 Å². The molecule has 0 saturated heterocycles. The number of nitrogens with two attached hydrogens (primary N) is 1. The van der Waals surface area contributed by atoms with Crippen LogP contribution in [-0.4, -0.2) is 23.2 Å². The molecule has 0 radical (unpaired) electrons. The predicted molar refractivity (Wildman–Crippen MR) is 49.4 cm³/mol. The van der Waals surface area contributed by atoms with E-state index in [0.29, 0.717) is 11.6 Å². The molecule has 13 heavy (non-hydrogen) atoms. The minimum absolute atomic E-state index is 0.334. The lowest BCUT2D eigenvalue weighted by Gasteiger charge is -2.13. The number of hydrogen-bond donors (Lipinski definition) is 2. The molecule has 2 unspecified atom stereocenters. The van der Waals surface area contributed by atoms with Crippen LogP contribution in [0.1, 0.15) is 18.7 Å². The first-order valence-electron chi connectivity index (χ1n) is 4.09. The van der Waals surface area contributed by atoms with E-state index in [1.807, 2.05) is 0 Å². The number of aromatic nitrogens is 1. The van der Waals surface area contributed by atoms with Gasteiger partial charge in [-0.25, -0.2) is 4.98 Å². The first-order valence-corrected chi connectivity index (χ1v) is 4.09. The summed E-state index contributed by atoms with van der Waals surface area (Å²) in [6.45, 7) is 1.73. The van der Waals surface area contributed by atoms with Gasteiger partial charge in [-0.15, -0.1) is 0 Å². The topological polar surface area (TPSA) is 68.4 Å². The lowest BCUT2D eigenvalue weighted by Crippen LogP contribution is -2.25. The second kappa shape index (κ2) is 4.20. The SMILES string of the molecule is COc1cccc(C(O)C(C)N)n1. The molecule has 1 aromatic heterocycles. The Morgan fingerprint density at radius 3 is 2.77 bits per heavy atom. The molecule has 0 bridgehead atoms. The standard InChI is InChI=1S/C9H14N2O2/c1-6(10)9(12)7-4-3-5-8(11-7)13-2/h3-6,9,12H,10H2,1-2H3. The van der Waals surface area contributed by atoms with Gasteiger partial charge in [-0.2, -0.15) is 0 Å². The van der Waals surface area contributed by atoms with E-state index in [1.54, 1.807) is 25.1 Å². The molecule has 0 aliphatic heterocycles. The molecule has 1 rings (SSSR count). The van der Waals surface area contributed by atoms with Gasteiger partial charge in [0.05, 0.1) is 12.8 Å². The molecule has 0 amide bonds. The fraction of sp³-hybridized carbons (Fsp3) is 0.444. The third kappa shape index (κ3) is 2.40. The van der Waals surface area contributed by atoms with Crippen LogP contribution in [0.15, 0.2) is 18.2 Å². The molecule has 1 heterocycles. The fourth-order valence-electron chi connectivity index (χ4n) is 0.979. The lowest BCUT2D eigenvalue weighted by atomic mass is 10.1. The zero-order valence-electron chi connectivity index (χ0n) is 7.77. The third-order valence-corrected chi connectivity index (χ3v) is 1.76. The number of pyridine rings is 1. The van der Waals surface area contributed by atoms with E-state index >= 15 is 0 Å². The number of methoxy groups -OCH3 is 1. The van der Waals surface area contributed by atoms with Gasteiger partial charge in [0, 0.05) is 12.1 Å². The van der Waals surface area contributed by atoms with Crippen LogP contribution in [0.2, 0.25) is 0 Å². The summed E-state index contributed by atoms with van der Waals surface area (Å²) in [4.78, 5) is 4.06. The Kier molecular flexibility index (Phi) is 3.22. The van der Waals surface area contributed by atoms with Crippen LogP contribution in [0, 0.1) is 0 Å². The van der Waals surface area contributed by atoms with Crippen molar-refractivity contribution in [3.8, 4) is 5.88 Å². The van der Waals surface area contributed by atoms with Crippen LogP contribution in [0.5, 0.6) is 5.88 Å². The van der Waals surface area contributed by atoms with Gasteiger partial charge in [-0.05, 0) is 13.0 Å². The monoisotopic (exact) mass is 182 g/mol. The van der Waals surface area contributed by atoms with Crippen molar-refractivity contribution in [3.05, 3.63) is 23.9 Å². The van der Waals surface area contributed by atoms with Gasteiger partial charge in [-0.1, -0.05) is 6.07 Å². The second-order valence-corrected chi connectivity index (χ2v) is 2.91. The number of ether oxygens (including phenoxy) is 1. The molecule has 72 valence electrons. The highest BCUT2D eigenvalue weighted by Gasteiger charge is 2.13. The number of nitrogens with zero attached hydrogens (tertiary/aromatic N) is 1. The average molecular weight is 182 g/mol. The van der Waals surface area contributed by atoms with Crippen LogP contribution in [0.3, 0.4) is 0 Å². The van der Waals surface area contributed by atoms with Gasteiger partial charge in [0.25, 0.3) is 0 Å². The normalized spacial score (nSPS) is 15.1. The quantitative estimate of drug-likeness (QED) is 0.713. The lowest BCUT2D eigenvalue weighted by molar-refractivity contribution is 0.148. The van der Waals surface area contributed by atoms with Crippen molar-refractivity contribution >= 4 is 0 Å². The van der Waals surface area contributed by atoms with E-state index in [9.17, 15) is 5.11 Å². The van der Waals surface area contributed by atoms with Gasteiger partial charge in [0.2, 0.25) is 5.88 Å². The van der Waals surface area contributed by atoms with Crippen LogP contribution in [0.4, 0.5) is 0 Å². The van der Waals surface area contributed by atoms with Crippen molar-refractivity contribution in [2.75, 3.05) is 7.11 Å². The molecular formula is C9H14N2O2. The van der Waals surface area contributed by atoms with E-state index in [2.05, 4.69) is 4.98 Å². The third-order valence-electron chi connectivity index (χ3n) is 1.76. The maximum Gasteiger partial charge on any atom is 0.213 e. The van der Waals surface area contributed by atoms with Crippen molar-refractivity contribution in [1.29, 1.82) is 0 Å². The Morgan fingerprint density at radius 1 is 1.54 bits per heavy atom. The Morgan fingerprint density at radius 2 is 2.23 bits per heavy atom. The van der Waals surface area contributed by atoms with Gasteiger partial charge < -0.3 is 15.6 Å². The zero-order valence-corrected chi connectivity index (χ0v) is 7.77. The largest absolute Gasteiger partial charge is 0.481 e. The van der Waals surface area contributed by atoms with E-state index in [4.69, 9.17) is 10.5 Å². The van der Waals surface area contributed by atoms with Crippen LogP contribution >= 0.6 is 0 Å². The summed E-state index contributed by atoms with van der Waals surface area (Å²) in [7, 11) is 1.53. The first-order chi connectivity index (χ1) is 6.15. The number of aliphatic hydroxyl groups is 1. The van der Waals surface area contributed by atoms with Crippen LogP contribution in [0.25, 0.3) is 0 Å². The zero-order chi connectivity index (χ0) is 9.84. The van der Waals surface area contributed by atoms with Crippen molar-refractivity contribution in [1.82, 2.24) is 4.98 Å². The smallest absolute Gasteiger partial charge is 0.213 e. The summed E-state index contributed by atoms with van der Waals surface area (Å²) in [6.07, 6.45) is -0.741. The number of aliphatic hydroxyl groups excluding tert-OH is 1. The summed E-state index contributed by atoms with van der Waals surface area (Å²) >= 11 is 0. The molecule has 0 aliphatic carbocycles. The molecular weight excluding hydrogens is 168 g/mol. The second-order valence-electron chi connectivity index (χ2n) is 2.91. The summed E-state index contributed by atoms with van der Waals surface area (Å²) in [5.41, 5.74) is 6.07. The summed E-state index contributed by atoms with van der Waals surface area (Å²) < 4.78 is 4.92. The van der Waals surface area contributed by atoms with Crippen LogP contribution in [-0.2, 0) is 0 Å². The predicted octanol–water partition coefficient (Wildman–Crippen LogP) is 0.471. The van der Waals surface area contributed by atoms with Gasteiger partial charge in [-0.3, -0.25) is 0 Å². The van der Waals surface area contributed by atoms with Crippen molar-refractivity contribution < 1.29 is 9.84 Å².